The van der Waals surface area contributed by atoms with Crippen molar-refractivity contribution in [3.05, 3.63) is 0 Å². The zero-order chi connectivity index (χ0) is 12.8. The van der Waals surface area contributed by atoms with Crippen LogP contribution in [0.1, 0.15) is 39.0 Å². The van der Waals surface area contributed by atoms with Gasteiger partial charge in [0.05, 0.1) is 13.2 Å². The number of likely N-dealkylation sites (tertiary alicyclic amines) is 2. The first-order chi connectivity index (χ1) is 8.79. The summed E-state index contributed by atoms with van der Waals surface area (Å²) in [6, 6.07) is 0.753. The van der Waals surface area contributed by atoms with Crippen molar-refractivity contribution >= 4 is 5.97 Å². The van der Waals surface area contributed by atoms with Gasteiger partial charge in [-0.25, -0.2) is 0 Å². The summed E-state index contributed by atoms with van der Waals surface area (Å²) in [5.41, 5.74) is 0. The standard InChI is InChI=1S/C14H26N2O2/c1-2-18-14(17)12-15-10-6-13(7-11-15)16-8-4-3-5-9-16/h13H,2-12H2,1H3. The molecule has 0 unspecified atom stereocenters. The van der Waals surface area contributed by atoms with Crippen LogP contribution in [0.5, 0.6) is 0 Å². The Morgan fingerprint density at radius 2 is 1.78 bits per heavy atom. The third-order valence-electron chi connectivity index (χ3n) is 4.12. The Labute approximate surface area is 110 Å². The number of ether oxygens (including phenoxy) is 1. The number of carbonyl (C=O) groups is 1. The predicted molar refractivity (Wildman–Crippen MR) is 71.5 cm³/mol. The van der Waals surface area contributed by atoms with Gasteiger partial charge in [0.25, 0.3) is 0 Å². The Bertz CT molecular complexity index is 257. The van der Waals surface area contributed by atoms with Gasteiger partial charge in [0.1, 0.15) is 0 Å². The number of rotatable bonds is 4. The fourth-order valence-electron chi connectivity index (χ4n) is 3.12. The van der Waals surface area contributed by atoms with E-state index >= 15 is 0 Å². The molecule has 2 fully saturated rings. The van der Waals surface area contributed by atoms with E-state index in [0.29, 0.717) is 13.2 Å². The zero-order valence-electron chi connectivity index (χ0n) is 11.6. The van der Waals surface area contributed by atoms with Crippen molar-refractivity contribution in [2.24, 2.45) is 0 Å². The number of carbonyl (C=O) groups excluding carboxylic acids is 1. The smallest absolute Gasteiger partial charge is 0.320 e. The molecule has 2 heterocycles. The summed E-state index contributed by atoms with van der Waals surface area (Å²) in [5, 5.41) is 0. The summed E-state index contributed by atoms with van der Waals surface area (Å²) in [4.78, 5) is 16.3. The van der Waals surface area contributed by atoms with Gasteiger partial charge >= 0.3 is 5.97 Å². The van der Waals surface area contributed by atoms with E-state index in [1.54, 1.807) is 0 Å². The molecule has 0 aromatic carbocycles. The number of piperidine rings is 2. The Kier molecular flexibility index (Phi) is 5.45. The normalized spacial score (nSPS) is 24.1. The van der Waals surface area contributed by atoms with E-state index in [9.17, 15) is 4.79 Å². The lowest BCUT2D eigenvalue weighted by molar-refractivity contribution is -0.144. The Balaban J connectivity index is 1.69. The molecule has 4 heteroatoms. The van der Waals surface area contributed by atoms with Crippen LogP contribution in [0.2, 0.25) is 0 Å². The van der Waals surface area contributed by atoms with Crippen molar-refractivity contribution in [1.29, 1.82) is 0 Å². The van der Waals surface area contributed by atoms with Gasteiger partial charge in [-0.2, -0.15) is 0 Å². The van der Waals surface area contributed by atoms with Crippen LogP contribution < -0.4 is 0 Å². The SMILES string of the molecule is CCOC(=O)CN1CCC(N2CCCCC2)CC1. The summed E-state index contributed by atoms with van der Waals surface area (Å²) in [7, 11) is 0. The molecule has 0 spiro atoms. The maximum Gasteiger partial charge on any atom is 0.320 e. The van der Waals surface area contributed by atoms with E-state index in [0.717, 1.165) is 19.1 Å². The topological polar surface area (TPSA) is 32.8 Å². The molecule has 0 saturated carbocycles. The lowest BCUT2D eigenvalue weighted by atomic mass is 10.00. The highest BCUT2D eigenvalue weighted by Gasteiger charge is 2.26. The zero-order valence-corrected chi connectivity index (χ0v) is 11.6. The van der Waals surface area contributed by atoms with Crippen LogP contribution in [-0.2, 0) is 9.53 Å². The molecule has 2 rings (SSSR count). The molecule has 4 nitrogen and oxygen atoms in total. The van der Waals surface area contributed by atoms with Crippen LogP contribution >= 0.6 is 0 Å². The number of esters is 1. The lowest BCUT2D eigenvalue weighted by Crippen LogP contribution is -2.47. The third-order valence-corrected chi connectivity index (χ3v) is 4.12. The van der Waals surface area contributed by atoms with E-state index in [1.807, 2.05) is 6.92 Å². The van der Waals surface area contributed by atoms with Crippen molar-refractivity contribution in [2.45, 2.75) is 45.1 Å². The fourth-order valence-corrected chi connectivity index (χ4v) is 3.12. The van der Waals surface area contributed by atoms with Gasteiger partial charge in [0.2, 0.25) is 0 Å². The van der Waals surface area contributed by atoms with E-state index < -0.39 is 0 Å². The second-order valence-corrected chi connectivity index (χ2v) is 5.41. The van der Waals surface area contributed by atoms with Gasteiger partial charge in [0, 0.05) is 19.1 Å². The van der Waals surface area contributed by atoms with E-state index in [2.05, 4.69) is 9.80 Å². The monoisotopic (exact) mass is 254 g/mol. The predicted octanol–water partition coefficient (Wildman–Crippen LogP) is 1.50. The van der Waals surface area contributed by atoms with E-state index in [1.165, 1.54) is 45.2 Å². The quantitative estimate of drug-likeness (QED) is 0.712. The second-order valence-electron chi connectivity index (χ2n) is 5.41. The van der Waals surface area contributed by atoms with Crippen LogP contribution in [-0.4, -0.2) is 61.1 Å². The first kappa shape index (κ1) is 13.8. The fraction of sp³-hybridized carbons (Fsp3) is 0.929. The number of hydrogen-bond donors (Lipinski definition) is 0. The maximum atomic E-state index is 11.4. The van der Waals surface area contributed by atoms with Crippen LogP contribution in [0.25, 0.3) is 0 Å². The minimum Gasteiger partial charge on any atom is -0.465 e. The molecule has 2 saturated heterocycles. The van der Waals surface area contributed by atoms with Crippen LogP contribution in [0, 0.1) is 0 Å². The molecular weight excluding hydrogens is 228 g/mol. The molecule has 0 N–H and O–H groups in total. The maximum absolute atomic E-state index is 11.4. The van der Waals surface area contributed by atoms with Crippen molar-refractivity contribution in [3.63, 3.8) is 0 Å². The Morgan fingerprint density at radius 3 is 2.39 bits per heavy atom. The first-order valence-corrected chi connectivity index (χ1v) is 7.41. The highest BCUT2D eigenvalue weighted by molar-refractivity contribution is 5.71. The van der Waals surface area contributed by atoms with Crippen LogP contribution in [0.3, 0.4) is 0 Å². The van der Waals surface area contributed by atoms with Gasteiger partial charge in [0.15, 0.2) is 0 Å². The highest BCUT2D eigenvalue weighted by Crippen LogP contribution is 2.20. The largest absolute Gasteiger partial charge is 0.465 e. The highest BCUT2D eigenvalue weighted by atomic mass is 16.5. The number of nitrogens with zero attached hydrogens (tertiary/aromatic N) is 2. The summed E-state index contributed by atoms with van der Waals surface area (Å²) >= 11 is 0. The lowest BCUT2D eigenvalue weighted by Gasteiger charge is -2.39. The molecule has 0 aliphatic carbocycles. The molecule has 0 atom stereocenters. The molecule has 18 heavy (non-hydrogen) atoms. The van der Waals surface area contributed by atoms with Crippen molar-refractivity contribution in [1.82, 2.24) is 9.80 Å². The summed E-state index contributed by atoms with van der Waals surface area (Å²) < 4.78 is 5.00. The molecule has 104 valence electrons. The van der Waals surface area contributed by atoms with Gasteiger partial charge in [-0.05, 0) is 45.7 Å². The summed E-state index contributed by atoms with van der Waals surface area (Å²) in [6.07, 6.45) is 6.54. The average molecular weight is 254 g/mol. The van der Waals surface area contributed by atoms with E-state index in [4.69, 9.17) is 4.74 Å². The third kappa shape index (κ3) is 3.95. The second kappa shape index (κ2) is 7.10. The molecule has 0 aromatic heterocycles. The minimum atomic E-state index is -0.0751. The Morgan fingerprint density at radius 1 is 1.11 bits per heavy atom. The molecule has 0 aromatic rings. The van der Waals surface area contributed by atoms with Gasteiger partial charge in [-0.15, -0.1) is 0 Å². The van der Waals surface area contributed by atoms with Gasteiger partial charge in [-0.3, -0.25) is 9.69 Å². The first-order valence-electron chi connectivity index (χ1n) is 7.41. The molecule has 0 radical (unpaired) electrons. The van der Waals surface area contributed by atoms with Crippen molar-refractivity contribution in [3.8, 4) is 0 Å². The molecule has 2 aliphatic heterocycles. The number of hydrogen-bond acceptors (Lipinski definition) is 4. The van der Waals surface area contributed by atoms with Crippen molar-refractivity contribution < 1.29 is 9.53 Å². The molecule has 0 amide bonds. The van der Waals surface area contributed by atoms with Gasteiger partial charge in [-0.1, -0.05) is 6.42 Å². The van der Waals surface area contributed by atoms with Crippen molar-refractivity contribution in [2.75, 3.05) is 39.3 Å². The summed E-state index contributed by atoms with van der Waals surface area (Å²) in [6.45, 7) is 7.47. The Hall–Kier alpha value is -0.610. The van der Waals surface area contributed by atoms with E-state index in [-0.39, 0.29) is 5.97 Å². The minimum absolute atomic E-state index is 0.0751. The molecule has 2 aliphatic rings. The van der Waals surface area contributed by atoms with Gasteiger partial charge < -0.3 is 9.64 Å². The van der Waals surface area contributed by atoms with Crippen LogP contribution in [0.15, 0.2) is 0 Å². The molecule has 0 bridgehead atoms. The average Bonchev–Trinajstić information content (AvgIpc) is 2.41. The van der Waals surface area contributed by atoms with Crippen LogP contribution in [0.4, 0.5) is 0 Å². The summed E-state index contributed by atoms with van der Waals surface area (Å²) in [5.74, 6) is -0.0751. The molecular formula is C14H26N2O2.